The Kier molecular flexibility index (Phi) is 4.48. The van der Waals surface area contributed by atoms with Gasteiger partial charge in [-0.15, -0.1) is 0 Å². The van der Waals surface area contributed by atoms with E-state index in [1.54, 1.807) is 0 Å². The molecule has 1 aliphatic rings. The van der Waals surface area contributed by atoms with Crippen LogP contribution in [0.3, 0.4) is 0 Å². The zero-order chi connectivity index (χ0) is 16.3. The molecule has 0 unspecified atom stereocenters. The molecule has 2 aromatic rings. The first kappa shape index (κ1) is 16.1. The highest BCUT2D eigenvalue weighted by atomic mass is 16.5. The summed E-state index contributed by atoms with van der Waals surface area (Å²) < 4.78 is 6.30. The molecule has 0 aliphatic heterocycles. The Bertz CT molecular complexity index is 648. The Balaban J connectivity index is 1.86. The molecule has 0 saturated heterocycles. The third kappa shape index (κ3) is 3.02. The van der Waals surface area contributed by atoms with Crippen molar-refractivity contribution in [1.82, 2.24) is 0 Å². The number of benzene rings is 2. The first-order chi connectivity index (χ1) is 11.1. The zero-order valence-corrected chi connectivity index (χ0v) is 14.6. The summed E-state index contributed by atoms with van der Waals surface area (Å²) in [4.78, 5) is 0. The molecule has 2 atom stereocenters. The predicted octanol–water partition coefficient (Wildman–Crippen LogP) is 5.91. The van der Waals surface area contributed by atoms with E-state index >= 15 is 0 Å². The molecule has 0 aromatic heterocycles. The van der Waals surface area contributed by atoms with Gasteiger partial charge >= 0.3 is 0 Å². The fraction of sp³-hybridized carbons (Fsp3) is 0.455. The largest absolute Gasteiger partial charge is 0.493 e. The minimum atomic E-state index is 0.162. The predicted molar refractivity (Wildman–Crippen MR) is 97.0 cm³/mol. The van der Waals surface area contributed by atoms with Gasteiger partial charge in [-0.1, -0.05) is 75.2 Å². The molecule has 2 aromatic carbocycles. The molecule has 0 bridgehead atoms. The van der Waals surface area contributed by atoms with Crippen molar-refractivity contribution in [2.24, 2.45) is 5.41 Å². The number of hydrogen-bond donors (Lipinski definition) is 0. The zero-order valence-electron chi connectivity index (χ0n) is 14.6. The molecule has 0 heterocycles. The lowest BCUT2D eigenvalue weighted by Gasteiger charge is -2.50. The molecular formula is C22H28O. The summed E-state index contributed by atoms with van der Waals surface area (Å²) in [6, 6.07) is 19.3. The van der Waals surface area contributed by atoms with Crippen LogP contribution >= 0.6 is 0 Å². The summed E-state index contributed by atoms with van der Waals surface area (Å²) in [6.07, 6.45) is 5.08. The summed E-state index contributed by atoms with van der Waals surface area (Å²) in [5, 5.41) is 0. The monoisotopic (exact) mass is 308 g/mol. The van der Waals surface area contributed by atoms with Crippen LogP contribution in [-0.4, -0.2) is 6.61 Å². The van der Waals surface area contributed by atoms with Gasteiger partial charge < -0.3 is 4.74 Å². The van der Waals surface area contributed by atoms with E-state index in [4.69, 9.17) is 4.74 Å². The second kappa shape index (κ2) is 6.39. The number of para-hydroxylation sites is 1. The van der Waals surface area contributed by atoms with E-state index in [1.807, 2.05) is 0 Å². The van der Waals surface area contributed by atoms with Crippen molar-refractivity contribution in [1.29, 1.82) is 0 Å². The molecule has 0 radical (unpaired) electrons. The van der Waals surface area contributed by atoms with E-state index in [0.29, 0.717) is 0 Å². The van der Waals surface area contributed by atoms with Crippen LogP contribution in [-0.2, 0) is 5.41 Å². The fourth-order valence-electron chi connectivity index (χ4n) is 4.06. The number of hydrogen-bond acceptors (Lipinski definition) is 1. The first-order valence-electron chi connectivity index (χ1n) is 8.79. The number of ether oxygens (including phenoxy) is 1. The highest BCUT2D eigenvalue weighted by molar-refractivity contribution is 5.33. The SMILES string of the molecule is Cc1ccccc1OC[C@]1(C)CCCC[C@]1(C)c1ccccc1. The Hall–Kier alpha value is -1.76. The lowest BCUT2D eigenvalue weighted by Crippen LogP contribution is -2.47. The quantitative estimate of drug-likeness (QED) is 0.682. The highest BCUT2D eigenvalue weighted by Crippen LogP contribution is 2.52. The molecule has 1 fully saturated rings. The van der Waals surface area contributed by atoms with E-state index in [-0.39, 0.29) is 10.8 Å². The van der Waals surface area contributed by atoms with E-state index in [1.165, 1.54) is 36.8 Å². The Morgan fingerprint density at radius 1 is 0.870 bits per heavy atom. The van der Waals surface area contributed by atoms with Gasteiger partial charge in [0.2, 0.25) is 0 Å². The Labute approximate surface area is 140 Å². The van der Waals surface area contributed by atoms with Crippen LogP contribution in [0, 0.1) is 12.3 Å². The van der Waals surface area contributed by atoms with Crippen molar-refractivity contribution in [3.8, 4) is 5.75 Å². The minimum Gasteiger partial charge on any atom is -0.493 e. The van der Waals surface area contributed by atoms with Crippen LogP contribution in [0.15, 0.2) is 54.6 Å². The molecule has 23 heavy (non-hydrogen) atoms. The van der Waals surface area contributed by atoms with E-state index < -0.39 is 0 Å². The summed E-state index contributed by atoms with van der Waals surface area (Å²) in [5.41, 5.74) is 3.01. The van der Waals surface area contributed by atoms with Crippen LogP contribution in [0.25, 0.3) is 0 Å². The maximum absolute atomic E-state index is 6.30. The second-order valence-corrected chi connectivity index (χ2v) is 7.52. The van der Waals surface area contributed by atoms with Gasteiger partial charge in [0.05, 0.1) is 6.61 Å². The molecule has 1 nitrogen and oxygen atoms in total. The molecule has 1 saturated carbocycles. The maximum atomic E-state index is 6.30. The molecule has 0 spiro atoms. The van der Waals surface area contributed by atoms with Gasteiger partial charge in [-0.25, -0.2) is 0 Å². The minimum absolute atomic E-state index is 0.162. The van der Waals surface area contributed by atoms with Crippen molar-refractivity contribution < 1.29 is 4.74 Å². The van der Waals surface area contributed by atoms with Crippen LogP contribution in [0.4, 0.5) is 0 Å². The summed E-state index contributed by atoms with van der Waals surface area (Å²) in [6.45, 7) is 7.75. The van der Waals surface area contributed by atoms with Crippen molar-refractivity contribution in [3.05, 3.63) is 65.7 Å². The lowest BCUT2D eigenvalue weighted by atomic mass is 9.55. The van der Waals surface area contributed by atoms with Crippen LogP contribution in [0.2, 0.25) is 0 Å². The molecule has 0 amide bonds. The Morgan fingerprint density at radius 2 is 1.52 bits per heavy atom. The van der Waals surface area contributed by atoms with Crippen LogP contribution in [0.1, 0.15) is 50.7 Å². The van der Waals surface area contributed by atoms with Crippen molar-refractivity contribution in [2.75, 3.05) is 6.61 Å². The molecule has 0 N–H and O–H groups in total. The summed E-state index contributed by atoms with van der Waals surface area (Å²) >= 11 is 0. The van der Waals surface area contributed by atoms with Crippen LogP contribution in [0.5, 0.6) is 5.75 Å². The lowest BCUT2D eigenvalue weighted by molar-refractivity contribution is 0.0323. The van der Waals surface area contributed by atoms with E-state index in [0.717, 1.165) is 12.4 Å². The smallest absolute Gasteiger partial charge is 0.122 e. The number of rotatable bonds is 4. The third-order valence-electron chi connectivity index (χ3n) is 6.04. The maximum Gasteiger partial charge on any atom is 0.122 e. The normalized spacial score (nSPS) is 27.6. The Morgan fingerprint density at radius 3 is 2.26 bits per heavy atom. The van der Waals surface area contributed by atoms with E-state index in [9.17, 15) is 0 Å². The average Bonchev–Trinajstić information content (AvgIpc) is 2.58. The summed E-state index contributed by atoms with van der Waals surface area (Å²) in [7, 11) is 0. The average molecular weight is 308 g/mol. The second-order valence-electron chi connectivity index (χ2n) is 7.52. The van der Waals surface area contributed by atoms with Gasteiger partial charge in [-0.05, 0) is 37.0 Å². The van der Waals surface area contributed by atoms with Crippen LogP contribution < -0.4 is 4.74 Å². The highest BCUT2D eigenvalue weighted by Gasteiger charge is 2.47. The van der Waals surface area contributed by atoms with Gasteiger partial charge in [0.25, 0.3) is 0 Å². The van der Waals surface area contributed by atoms with Gasteiger partial charge in [-0.2, -0.15) is 0 Å². The van der Waals surface area contributed by atoms with Crippen molar-refractivity contribution in [2.45, 2.75) is 51.9 Å². The third-order valence-corrected chi connectivity index (χ3v) is 6.04. The first-order valence-corrected chi connectivity index (χ1v) is 8.79. The van der Waals surface area contributed by atoms with Gasteiger partial charge in [-0.3, -0.25) is 0 Å². The topological polar surface area (TPSA) is 9.23 Å². The molecular weight excluding hydrogens is 280 g/mol. The molecule has 1 aliphatic carbocycles. The standard InChI is InChI=1S/C22H28O/c1-18-11-7-8-14-20(18)23-17-21(2)15-9-10-16-22(21,3)19-12-5-4-6-13-19/h4-8,11-14H,9-10,15-17H2,1-3H3/t21-,22+/m0/s1. The molecule has 3 rings (SSSR count). The van der Waals surface area contributed by atoms with Gasteiger partial charge in [0.1, 0.15) is 5.75 Å². The summed E-state index contributed by atoms with van der Waals surface area (Å²) in [5.74, 6) is 1.02. The van der Waals surface area contributed by atoms with Crippen molar-refractivity contribution >= 4 is 0 Å². The number of aryl methyl sites for hydroxylation is 1. The van der Waals surface area contributed by atoms with Gasteiger partial charge in [0, 0.05) is 10.8 Å². The fourth-order valence-corrected chi connectivity index (χ4v) is 4.06. The van der Waals surface area contributed by atoms with Crippen molar-refractivity contribution in [3.63, 3.8) is 0 Å². The van der Waals surface area contributed by atoms with Gasteiger partial charge in [0.15, 0.2) is 0 Å². The van der Waals surface area contributed by atoms with E-state index in [2.05, 4.69) is 75.4 Å². The molecule has 1 heteroatoms. The molecule has 122 valence electrons.